The highest BCUT2D eigenvalue weighted by molar-refractivity contribution is 5.73. The maximum atomic E-state index is 14.2. The van der Waals surface area contributed by atoms with E-state index in [9.17, 15) is 14.3 Å². The van der Waals surface area contributed by atoms with Crippen LogP contribution >= 0.6 is 0 Å². The van der Waals surface area contributed by atoms with Crippen molar-refractivity contribution in [2.24, 2.45) is 11.8 Å². The summed E-state index contributed by atoms with van der Waals surface area (Å²) >= 11 is 0. The number of hydrogen-bond donors (Lipinski definition) is 1. The van der Waals surface area contributed by atoms with Crippen LogP contribution in [0.4, 0.5) is 4.39 Å². The summed E-state index contributed by atoms with van der Waals surface area (Å²) in [7, 11) is 0. The second-order valence-electron chi connectivity index (χ2n) is 12.2. The maximum absolute atomic E-state index is 14.2. The first kappa shape index (κ1) is 27.2. The standard InChI is InChI=1S/C33H40FN3O3/c34-28-11-5-10-26(18-28)30-21-37(31(33(38)39)17-24-8-4-9-24)20-27(30)19-36-14-12-25(13-15-36)32-35-29(22-40-32)16-23-6-2-1-3-7-23/h1-3,5-7,10-11,18,22,24-25,27,30-31H,4,8-9,12-17,19-21H2,(H,38,39). The average Bonchev–Trinajstić information content (AvgIpc) is 3.56. The van der Waals surface area contributed by atoms with Crippen molar-refractivity contribution >= 4 is 5.97 Å². The van der Waals surface area contributed by atoms with E-state index < -0.39 is 12.0 Å². The van der Waals surface area contributed by atoms with Gasteiger partial charge in [0.1, 0.15) is 18.1 Å². The number of benzene rings is 2. The Labute approximate surface area is 236 Å². The van der Waals surface area contributed by atoms with E-state index in [1.54, 1.807) is 18.4 Å². The van der Waals surface area contributed by atoms with Crippen LogP contribution in [-0.2, 0) is 11.2 Å². The zero-order chi connectivity index (χ0) is 27.5. The Bertz CT molecular complexity index is 1270. The van der Waals surface area contributed by atoms with E-state index >= 15 is 0 Å². The predicted molar refractivity (Wildman–Crippen MR) is 152 cm³/mol. The Morgan fingerprint density at radius 2 is 1.85 bits per heavy atom. The molecule has 6 nitrogen and oxygen atoms in total. The van der Waals surface area contributed by atoms with Gasteiger partial charge in [0.25, 0.3) is 0 Å². The number of carboxylic acids is 1. The zero-order valence-electron chi connectivity index (χ0n) is 23.1. The van der Waals surface area contributed by atoms with Crippen molar-refractivity contribution in [3.63, 3.8) is 0 Å². The van der Waals surface area contributed by atoms with E-state index in [0.29, 0.717) is 18.4 Å². The molecule has 1 aromatic heterocycles. The number of aliphatic carboxylic acids is 1. The summed E-state index contributed by atoms with van der Waals surface area (Å²) in [6.45, 7) is 4.23. The lowest BCUT2D eigenvalue weighted by atomic mass is 9.80. The van der Waals surface area contributed by atoms with Crippen molar-refractivity contribution in [2.45, 2.75) is 62.8 Å². The number of rotatable bonds is 10. The first-order chi connectivity index (χ1) is 19.5. The summed E-state index contributed by atoms with van der Waals surface area (Å²) in [6.07, 6.45) is 8.78. The maximum Gasteiger partial charge on any atom is 0.320 e. The molecule has 2 saturated heterocycles. The number of oxazole rings is 1. The first-order valence-corrected chi connectivity index (χ1v) is 14.9. The molecule has 3 aromatic rings. The minimum absolute atomic E-state index is 0.129. The minimum Gasteiger partial charge on any atom is -0.480 e. The summed E-state index contributed by atoms with van der Waals surface area (Å²) in [5.74, 6) is 1.13. The molecule has 7 heteroatoms. The van der Waals surface area contributed by atoms with Crippen LogP contribution in [0.1, 0.15) is 73.1 Å². The van der Waals surface area contributed by atoms with Gasteiger partial charge in [0.05, 0.1) is 5.69 Å². The van der Waals surface area contributed by atoms with Gasteiger partial charge in [-0.2, -0.15) is 0 Å². The second-order valence-corrected chi connectivity index (χ2v) is 12.2. The summed E-state index contributed by atoms with van der Waals surface area (Å²) in [6, 6.07) is 16.8. The molecule has 3 fully saturated rings. The van der Waals surface area contributed by atoms with Gasteiger partial charge in [0, 0.05) is 37.9 Å². The Kier molecular flexibility index (Phi) is 8.30. The molecule has 2 aliphatic heterocycles. The molecule has 0 radical (unpaired) electrons. The normalized spacial score (nSPS) is 23.7. The molecule has 2 aromatic carbocycles. The van der Waals surface area contributed by atoms with Crippen LogP contribution in [0.15, 0.2) is 65.3 Å². The number of piperidine rings is 1. The SMILES string of the molecule is O=C(O)C(CC1CCC1)N1CC(CN2CCC(c3nc(Cc4ccccc4)co3)CC2)C(c2cccc(F)c2)C1. The van der Waals surface area contributed by atoms with Crippen molar-refractivity contribution in [3.8, 4) is 0 Å². The molecule has 1 aliphatic carbocycles. The second kappa shape index (κ2) is 12.2. The third kappa shape index (κ3) is 6.31. The van der Waals surface area contributed by atoms with E-state index in [0.717, 1.165) is 81.9 Å². The summed E-state index contributed by atoms with van der Waals surface area (Å²) < 4.78 is 20.1. The number of aromatic nitrogens is 1. The van der Waals surface area contributed by atoms with Crippen LogP contribution in [0.2, 0.25) is 0 Å². The monoisotopic (exact) mass is 545 g/mol. The van der Waals surface area contributed by atoms with Crippen LogP contribution in [-0.4, -0.2) is 64.6 Å². The summed E-state index contributed by atoms with van der Waals surface area (Å²) in [4.78, 5) is 21.8. The molecule has 3 unspecified atom stereocenters. The van der Waals surface area contributed by atoms with E-state index in [4.69, 9.17) is 9.40 Å². The van der Waals surface area contributed by atoms with Gasteiger partial charge in [0.2, 0.25) is 0 Å². The summed E-state index contributed by atoms with van der Waals surface area (Å²) in [5.41, 5.74) is 3.19. The Hall–Kier alpha value is -3.03. The van der Waals surface area contributed by atoms with Gasteiger partial charge in [-0.1, -0.05) is 61.7 Å². The van der Waals surface area contributed by atoms with Crippen LogP contribution in [0, 0.1) is 17.7 Å². The van der Waals surface area contributed by atoms with E-state index in [2.05, 4.69) is 21.9 Å². The molecule has 1 N–H and O–H groups in total. The van der Waals surface area contributed by atoms with Gasteiger partial charge in [-0.05, 0) is 67.4 Å². The summed E-state index contributed by atoms with van der Waals surface area (Å²) in [5, 5.41) is 10.1. The number of nitrogens with zero attached hydrogens (tertiary/aromatic N) is 3. The fraction of sp³-hybridized carbons (Fsp3) is 0.515. The van der Waals surface area contributed by atoms with E-state index in [-0.39, 0.29) is 17.7 Å². The highest BCUT2D eigenvalue weighted by atomic mass is 19.1. The van der Waals surface area contributed by atoms with Crippen LogP contribution in [0.3, 0.4) is 0 Å². The quantitative estimate of drug-likeness (QED) is 0.340. The molecule has 0 bridgehead atoms. The molecule has 6 rings (SSSR count). The Balaban J connectivity index is 1.09. The number of carbonyl (C=O) groups is 1. The molecule has 40 heavy (non-hydrogen) atoms. The number of hydrogen-bond acceptors (Lipinski definition) is 5. The fourth-order valence-corrected chi connectivity index (χ4v) is 7.00. The largest absolute Gasteiger partial charge is 0.480 e. The average molecular weight is 546 g/mol. The van der Waals surface area contributed by atoms with Gasteiger partial charge in [0.15, 0.2) is 5.89 Å². The van der Waals surface area contributed by atoms with Crippen molar-refractivity contribution in [1.82, 2.24) is 14.8 Å². The highest BCUT2D eigenvalue weighted by Crippen LogP contribution is 2.39. The van der Waals surface area contributed by atoms with Crippen LogP contribution < -0.4 is 0 Å². The molecule has 212 valence electrons. The van der Waals surface area contributed by atoms with Gasteiger partial charge in [-0.25, -0.2) is 9.37 Å². The molecular weight excluding hydrogens is 505 g/mol. The van der Waals surface area contributed by atoms with Gasteiger partial charge < -0.3 is 14.4 Å². The lowest BCUT2D eigenvalue weighted by Gasteiger charge is -2.34. The third-order valence-electron chi connectivity index (χ3n) is 9.48. The van der Waals surface area contributed by atoms with Crippen molar-refractivity contribution in [3.05, 3.63) is 89.4 Å². The third-order valence-corrected chi connectivity index (χ3v) is 9.48. The molecule has 0 spiro atoms. The Morgan fingerprint density at radius 1 is 1.05 bits per heavy atom. The molecule has 3 heterocycles. The lowest BCUT2D eigenvalue weighted by Crippen LogP contribution is -2.43. The fourth-order valence-electron chi connectivity index (χ4n) is 7.00. The number of halogens is 1. The Morgan fingerprint density at radius 3 is 2.55 bits per heavy atom. The lowest BCUT2D eigenvalue weighted by molar-refractivity contribution is -0.144. The smallest absolute Gasteiger partial charge is 0.320 e. The number of likely N-dealkylation sites (tertiary alicyclic amines) is 2. The van der Waals surface area contributed by atoms with Crippen molar-refractivity contribution in [1.29, 1.82) is 0 Å². The molecule has 3 atom stereocenters. The van der Waals surface area contributed by atoms with Gasteiger partial charge in [-0.15, -0.1) is 0 Å². The van der Waals surface area contributed by atoms with Crippen LogP contribution in [0.5, 0.6) is 0 Å². The molecule has 3 aliphatic rings. The predicted octanol–water partition coefficient (Wildman–Crippen LogP) is 5.94. The molecule has 1 saturated carbocycles. The molecular formula is C33H40FN3O3. The van der Waals surface area contributed by atoms with Gasteiger partial charge >= 0.3 is 5.97 Å². The molecule has 0 amide bonds. The van der Waals surface area contributed by atoms with Crippen LogP contribution in [0.25, 0.3) is 0 Å². The minimum atomic E-state index is -0.719. The number of carboxylic acid groups (broad SMARTS) is 1. The zero-order valence-corrected chi connectivity index (χ0v) is 23.1. The van der Waals surface area contributed by atoms with Gasteiger partial charge in [-0.3, -0.25) is 9.69 Å². The van der Waals surface area contributed by atoms with E-state index in [1.807, 2.05) is 24.3 Å². The first-order valence-electron chi connectivity index (χ1n) is 14.9. The topological polar surface area (TPSA) is 69.8 Å². The van der Waals surface area contributed by atoms with Crippen molar-refractivity contribution in [2.75, 3.05) is 32.7 Å². The van der Waals surface area contributed by atoms with Crippen molar-refractivity contribution < 1.29 is 18.7 Å². The van der Waals surface area contributed by atoms with E-state index in [1.165, 1.54) is 18.1 Å². The highest BCUT2D eigenvalue weighted by Gasteiger charge is 2.41.